The molecule has 156 valence electrons. The van der Waals surface area contributed by atoms with Crippen molar-refractivity contribution < 1.29 is 4.79 Å². The third kappa shape index (κ3) is 3.93. The van der Waals surface area contributed by atoms with Crippen LogP contribution in [0.4, 0.5) is 0 Å². The van der Waals surface area contributed by atoms with Crippen LogP contribution < -0.4 is 21.7 Å². The smallest absolute Gasteiger partial charge is 0.249 e. The van der Waals surface area contributed by atoms with Gasteiger partial charge in [0.1, 0.15) is 6.17 Å². The van der Waals surface area contributed by atoms with Crippen LogP contribution in [0.15, 0.2) is 89.5 Å². The maximum atomic E-state index is 11.9. The Morgan fingerprint density at radius 3 is 2.81 bits per heavy atom. The lowest BCUT2D eigenvalue weighted by molar-refractivity contribution is 0.100. The zero-order valence-electron chi connectivity index (χ0n) is 17.0. The quantitative estimate of drug-likeness (QED) is 0.494. The van der Waals surface area contributed by atoms with E-state index in [-0.39, 0.29) is 12.3 Å². The highest BCUT2D eigenvalue weighted by atomic mass is 32.1. The Hall–Kier alpha value is -3.19. The molecular weight excluding hydrogens is 404 g/mol. The van der Waals surface area contributed by atoms with Gasteiger partial charge in [-0.15, -0.1) is 11.3 Å². The van der Waals surface area contributed by atoms with Crippen LogP contribution in [0, 0.1) is 0 Å². The Bertz CT molecular complexity index is 1210. The number of hydrogen-bond donors (Lipinski definition) is 4. The summed E-state index contributed by atoms with van der Waals surface area (Å²) < 4.78 is 0. The molecule has 0 radical (unpaired) electrons. The number of amides is 1. The van der Waals surface area contributed by atoms with Crippen LogP contribution in [0.3, 0.4) is 0 Å². The molecule has 3 aromatic rings. The van der Waals surface area contributed by atoms with Crippen molar-refractivity contribution in [1.82, 2.24) is 16.0 Å². The molecule has 1 amide bonds. The summed E-state index contributed by atoms with van der Waals surface area (Å²) in [5.74, 6) is -0.398. The maximum absolute atomic E-state index is 11.9. The van der Waals surface area contributed by atoms with Gasteiger partial charge in [-0.05, 0) is 40.5 Å². The molecule has 1 aromatic heterocycles. The lowest BCUT2D eigenvalue weighted by Gasteiger charge is -2.36. The fraction of sp³-hybridized carbons (Fsp3) is 0.160. The van der Waals surface area contributed by atoms with Crippen molar-refractivity contribution in [2.45, 2.75) is 25.3 Å². The highest BCUT2D eigenvalue weighted by Gasteiger charge is 2.29. The molecule has 2 aliphatic rings. The summed E-state index contributed by atoms with van der Waals surface area (Å²) in [6.07, 6.45) is 9.28. The number of primary amides is 1. The van der Waals surface area contributed by atoms with Gasteiger partial charge in [-0.3, -0.25) is 15.4 Å². The summed E-state index contributed by atoms with van der Waals surface area (Å²) >= 11 is 1.64. The molecule has 5 N–H and O–H groups in total. The molecule has 2 aromatic carbocycles. The minimum absolute atomic E-state index is 0.0188. The van der Waals surface area contributed by atoms with Crippen molar-refractivity contribution in [2.24, 2.45) is 5.73 Å². The number of thiophene rings is 1. The van der Waals surface area contributed by atoms with Crippen molar-refractivity contribution in [3.05, 3.63) is 105 Å². The van der Waals surface area contributed by atoms with Gasteiger partial charge in [0.25, 0.3) is 0 Å². The van der Waals surface area contributed by atoms with Crippen LogP contribution in [-0.4, -0.2) is 12.1 Å². The number of carbonyl (C=O) groups is 1. The number of allylic oxidation sites excluding steroid dienone is 4. The van der Waals surface area contributed by atoms with E-state index in [0.717, 1.165) is 34.3 Å². The largest absolute Gasteiger partial charge is 0.366 e. The highest BCUT2D eigenvalue weighted by Crippen LogP contribution is 2.35. The van der Waals surface area contributed by atoms with Gasteiger partial charge >= 0.3 is 0 Å². The number of nitrogens with one attached hydrogen (secondary N) is 3. The van der Waals surface area contributed by atoms with Crippen molar-refractivity contribution in [3.8, 4) is 0 Å². The van der Waals surface area contributed by atoms with Crippen LogP contribution in [0.25, 0.3) is 10.8 Å². The van der Waals surface area contributed by atoms with Gasteiger partial charge in [-0.25, -0.2) is 0 Å². The van der Waals surface area contributed by atoms with Crippen LogP contribution in [0.1, 0.15) is 33.4 Å². The first-order chi connectivity index (χ1) is 15.2. The Kier molecular flexibility index (Phi) is 5.42. The average molecular weight is 429 g/mol. The normalized spacial score (nSPS) is 20.4. The summed E-state index contributed by atoms with van der Waals surface area (Å²) in [6, 6.07) is 16.2. The number of hydrogen-bond acceptors (Lipinski definition) is 5. The summed E-state index contributed by atoms with van der Waals surface area (Å²) in [7, 11) is 0. The molecule has 0 spiro atoms. The first-order valence-electron chi connectivity index (χ1n) is 10.4. The third-order valence-corrected chi connectivity index (χ3v) is 6.79. The predicted octanol–water partition coefficient (Wildman–Crippen LogP) is 4.08. The van der Waals surface area contributed by atoms with E-state index in [0.29, 0.717) is 5.56 Å². The molecule has 31 heavy (non-hydrogen) atoms. The SMILES string of the molecule is NC(=O)c1cccc2c(C3NC4=C(CC=CC=C4)C(NCc4ccccc4)N3)scc12. The van der Waals surface area contributed by atoms with Gasteiger partial charge in [-0.2, -0.15) is 0 Å². The van der Waals surface area contributed by atoms with E-state index in [1.165, 1.54) is 11.1 Å². The van der Waals surface area contributed by atoms with E-state index in [4.69, 9.17) is 5.73 Å². The van der Waals surface area contributed by atoms with Crippen molar-refractivity contribution in [1.29, 1.82) is 0 Å². The lowest BCUT2D eigenvalue weighted by Crippen LogP contribution is -2.53. The molecular formula is C25H24N4OS. The summed E-state index contributed by atoms with van der Waals surface area (Å²) in [6.45, 7) is 0.770. The zero-order chi connectivity index (χ0) is 21.2. The lowest BCUT2D eigenvalue weighted by atomic mass is 10.0. The van der Waals surface area contributed by atoms with Crippen LogP contribution in [0.2, 0.25) is 0 Å². The molecule has 2 atom stereocenters. The van der Waals surface area contributed by atoms with Gasteiger partial charge in [0.05, 0.1) is 6.17 Å². The van der Waals surface area contributed by atoms with Gasteiger partial charge in [0.2, 0.25) is 5.91 Å². The second-order valence-electron chi connectivity index (χ2n) is 7.70. The molecule has 5 rings (SSSR count). The van der Waals surface area contributed by atoms with Crippen molar-refractivity contribution >= 4 is 28.0 Å². The standard InChI is InChI=1S/C25H24N4OS/c26-23(30)18-12-7-11-17-20(18)15-31-22(17)25-28-21-13-6-2-5-10-19(21)24(29-25)27-14-16-8-3-1-4-9-16/h1-9,11-13,15,24-25,27-29H,10,14H2,(H2,26,30). The molecule has 2 unspecified atom stereocenters. The fourth-order valence-corrected chi connectivity index (χ4v) is 5.26. The number of fused-ring (bicyclic) bond motifs is 1. The van der Waals surface area contributed by atoms with Crippen LogP contribution >= 0.6 is 11.3 Å². The summed E-state index contributed by atoms with van der Waals surface area (Å²) in [5.41, 5.74) is 9.82. The molecule has 1 aliphatic heterocycles. The first-order valence-corrected chi connectivity index (χ1v) is 11.2. The van der Waals surface area contributed by atoms with Gasteiger partial charge in [-0.1, -0.05) is 60.7 Å². The second-order valence-corrected chi connectivity index (χ2v) is 8.62. The van der Waals surface area contributed by atoms with E-state index in [1.807, 2.05) is 17.5 Å². The Labute approximate surface area is 185 Å². The zero-order valence-corrected chi connectivity index (χ0v) is 17.8. The molecule has 0 saturated heterocycles. The third-order valence-electron chi connectivity index (χ3n) is 5.73. The molecule has 2 heterocycles. The number of benzene rings is 2. The molecule has 6 heteroatoms. The minimum Gasteiger partial charge on any atom is -0.366 e. The Morgan fingerprint density at radius 1 is 1.10 bits per heavy atom. The number of rotatable bonds is 5. The van der Waals surface area contributed by atoms with E-state index in [1.54, 1.807) is 17.4 Å². The van der Waals surface area contributed by atoms with Crippen molar-refractivity contribution in [3.63, 3.8) is 0 Å². The molecule has 0 saturated carbocycles. The monoisotopic (exact) mass is 428 g/mol. The number of carbonyl (C=O) groups excluding carboxylic acids is 1. The van der Waals surface area contributed by atoms with E-state index >= 15 is 0 Å². The first kappa shape index (κ1) is 19.8. The van der Waals surface area contributed by atoms with E-state index in [9.17, 15) is 4.79 Å². The summed E-state index contributed by atoms with van der Waals surface area (Å²) in [5, 5.41) is 15.1. The Balaban J connectivity index is 1.48. The minimum atomic E-state index is -0.398. The molecule has 5 nitrogen and oxygen atoms in total. The average Bonchev–Trinajstić information content (AvgIpc) is 3.08. The van der Waals surface area contributed by atoms with Gasteiger partial charge in [0.15, 0.2) is 0 Å². The van der Waals surface area contributed by atoms with E-state index < -0.39 is 5.91 Å². The topological polar surface area (TPSA) is 79.2 Å². The van der Waals surface area contributed by atoms with Crippen molar-refractivity contribution in [2.75, 3.05) is 0 Å². The van der Waals surface area contributed by atoms with Gasteiger partial charge in [0, 0.05) is 28.1 Å². The molecule has 0 bridgehead atoms. The van der Waals surface area contributed by atoms with E-state index in [2.05, 4.69) is 70.6 Å². The van der Waals surface area contributed by atoms with Gasteiger partial charge < -0.3 is 11.1 Å². The van der Waals surface area contributed by atoms with Crippen LogP contribution in [-0.2, 0) is 6.54 Å². The maximum Gasteiger partial charge on any atom is 0.249 e. The number of nitrogens with two attached hydrogens (primary N) is 1. The highest BCUT2D eigenvalue weighted by molar-refractivity contribution is 7.11. The fourth-order valence-electron chi connectivity index (χ4n) is 4.19. The molecule has 1 aliphatic carbocycles. The Morgan fingerprint density at radius 2 is 1.97 bits per heavy atom. The predicted molar refractivity (Wildman–Crippen MR) is 126 cm³/mol. The summed E-state index contributed by atoms with van der Waals surface area (Å²) in [4.78, 5) is 13.0. The second kappa shape index (κ2) is 8.51. The van der Waals surface area contributed by atoms with Crippen LogP contribution in [0.5, 0.6) is 0 Å². The molecule has 0 fully saturated rings.